The van der Waals surface area contributed by atoms with Crippen molar-refractivity contribution in [3.63, 3.8) is 0 Å². The number of hydrogen-bond donors (Lipinski definition) is 2. The smallest absolute Gasteiger partial charge is 0.305 e. The van der Waals surface area contributed by atoms with Gasteiger partial charge in [0, 0.05) is 46.4 Å². The van der Waals surface area contributed by atoms with Crippen LogP contribution in [-0.4, -0.2) is 49.0 Å². The van der Waals surface area contributed by atoms with Crippen molar-refractivity contribution in [2.45, 2.75) is 53.9 Å². The Balaban J connectivity index is 1.63. The van der Waals surface area contributed by atoms with Crippen molar-refractivity contribution in [1.29, 1.82) is 0 Å². The van der Waals surface area contributed by atoms with Crippen molar-refractivity contribution in [2.75, 3.05) is 20.8 Å². The first kappa shape index (κ1) is 30.7. The molecule has 0 aromatic heterocycles. The number of carbonyl (C=O) groups excluding carboxylic acids is 1. The van der Waals surface area contributed by atoms with Crippen molar-refractivity contribution in [1.82, 2.24) is 5.32 Å². The second-order valence-corrected chi connectivity index (χ2v) is 12.0. The van der Waals surface area contributed by atoms with E-state index in [0.717, 1.165) is 79.8 Å². The summed E-state index contributed by atoms with van der Waals surface area (Å²) in [6, 6.07) is 0. The molecule has 234 valence electrons. The van der Waals surface area contributed by atoms with Crippen LogP contribution in [0.1, 0.15) is 53.9 Å². The summed E-state index contributed by atoms with van der Waals surface area (Å²) < 4.78 is 5.01. The minimum Gasteiger partial charge on any atom is -0.511 e. The molecule has 3 atom stereocenters. The fourth-order valence-electron chi connectivity index (χ4n) is 7.19. The summed E-state index contributed by atoms with van der Waals surface area (Å²) >= 11 is 0. The molecule has 0 saturated carbocycles. The maximum atomic E-state index is 12.3. The Morgan fingerprint density at radius 2 is 1.78 bits per heavy atom. The number of hydrogen-bond acceptors (Lipinski definition) is 9. The van der Waals surface area contributed by atoms with E-state index in [4.69, 9.17) is 29.5 Å². The zero-order valence-corrected chi connectivity index (χ0v) is 27.0. The van der Waals surface area contributed by atoms with Gasteiger partial charge in [-0.1, -0.05) is 26.5 Å². The molecule has 6 rings (SSSR count). The van der Waals surface area contributed by atoms with Gasteiger partial charge in [0.25, 0.3) is 0 Å². The maximum absolute atomic E-state index is 12.3. The van der Waals surface area contributed by atoms with Crippen LogP contribution in [0.25, 0.3) is 0 Å². The average Bonchev–Trinajstić information content (AvgIpc) is 3.76. The van der Waals surface area contributed by atoms with E-state index >= 15 is 0 Å². The number of rotatable bonds is 8. The zero-order chi connectivity index (χ0) is 32.2. The lowest BCUT2D eigenvalue weighted by molar-refractivity contribution is -0.276. The van der Waals surface area contributed by atoms with Crippen LogP contribution in [0.4, 0.5) is 0 Å². The number of aliphatic hydroxyl groups is 1. The number of allylic oxidation sites excluding steroid dienone is 11. The number of aliphatic imine (C=N–C) groups is 3. The van der Waals surface area contributed by atoms with Gasteiger partial charge in [-0.25, -0.2) is 24.8 Å². The van der Waals surface area contributed by atoms with E-state index in [2.05, 4.69) is 45.7 Å². The lowest BCUT2D eigenvalue weighted by atomic mass is 9.84. The largest absolute Gasteiger partial charge is 0.511 e. The summed E-state index contributed by atoms with van der Waals surface area (Å²) in [6.07, 6.45) is 9.62. The Kier molecular flexibility index (Phi) is 8.09. The minimum absolute atomic E-state index is 0.00839. The van der Waals surface area contributed by atoms with Crippen LogP contribution in [0.2, 0.25) is 0 Å². The van der Waals surface area contributed by atoms with Crippen LogP contribution in [0.3, 0.4) is 0 Å². The van der Waals surface area contributed by atoms with Gasteiger partial charge in [0.1, 0.15) is 5.76 Å². The quantitative estimate of drug-likeness (QED) is 0.182. The highest BCUT2D eigenvalue weighted by Crippen LogP contribution is 2.48. The third-order valence-electron chi connectivity index (χ3n) is 9.78. The molecular weight excluding hydrogens is 568 g/mol. The molecule has 0 spiro atoms. The SMILES string of the molecule is C=CC1=C(C)C2=NC1=CC1=NC(=CC3=C(C)C4=C(O)C(COOC)C(=C5NC(=C2)[C@@H](C)[C@@H]5CCC(=O)OC)C4=N3)C(CC)=C1C. The minimum atomic E-state index is -0.506. The first-order chi connectivity index (χ1) is 21.6. The standard InChI is InChI=1S/C36H40N4O5/c1-9-21-17(3)25-13-27-19(5)23(11-12-31(41)43-7)34(39-27)33-24(16-45-44-8)36(42)32-20(6)28(40-35(32)33)15-30-22(10-2)18(4)26(38-30)14-29(21)37-25/h9,13-15,19,23-24,39,42H,1,10-12,16H2,2-8H3/t19-,23-,24?/m0/s1. The number of methoxy groups -OCH3 is 1. The molecular formula is C36H40N4O5. The molecule has 6 aliphatic rings. The van der Waals surface area contributed by atoms with Gasteiger partial charge in [0.05, 0.1) is 61.0 Å². The van der Waals surface area contributed by atoms with E-state index < -0.39 is 5.92 Å². The average molecular weight is 609 g/mol. The zero-order valence-electron chi connectivity index (χ0n) is 27.0. The highest BCUT2D eigenvalue weighted by atomic mass is 17.2. The fourth-order valence-corrected chi connectivity index (χ4v) is 7.19. The van der Waals surface area contributed by atoms with Crippen molar-refractivity contribution in [3.05, 3.63) is 104 Å². The van der Waals surface area contributed by atoms with E-state index in [1.54, 1.807) is 0 Å². The van der Waals surface area contributed by atoms with Gasteiger partial charge >= 0.3 is 5.97 Å². The number of carbonyl (C=O) groups is 1. The summed E-state index contributed by atoms with van der Waals surface area (Å²) in [7, 11) is 2.86. The Morgan fingerprint density at radius 1 is 1.04 bits per heavy atom. The molecule has 2 N–H and O–H groups in total. The second kappa shape index (κ2) is 11.9. The van der Waals surface area contributed by atoms with E-state index in [1.165, 1.54) is 14.2 Å². The topological polar surface area (TPSA) is 114 Å². The van der Waals surface area contributed by atoms with Crippen LogP contribution in [0, 0.1) is 17.8 Å². The van der Waals surface area contributed by atoms with E-state index in [1.807, 2.05) is 25.2 Å². The molecule has 45 heavy (non-hydrogen) atoms. The van der Waals surface area contributed by atoms with Crippen LogP contribution >= 0.6 is 0 Å². The monoisotopic (exact) mass is 608 g/mol. The number of nitrogens with one attached hydrogen (secondary N) is 1. The van der Waals surface area contributed by atoms with Crippen LogP contribution in [-0.2, 0) is 19.3 Å². The van der Waals surface area contributed by atoms with Crippen LogP contribution in [0.15, 0.2) is 119 Å². The molecule has 1 fully saturated rings. The van der Waals surface area contributed by atoms with Crippen molar-refractivity contribution in [3.8, 4) is 0 Å². The van der Waals surface area contributed by atoms with Crippen molar-refractivity contribution in [2.24, 2.45) is 32.7 Å². The highest BCUT2D eigenvalue weighted by molar-refractivity contribution is 6.21. The van der Waals surface area contributed by atoms with Gasteiger partial charge in [0.2, 0.25) is 0 Å². The van der Waals surface area contributed by atoms with E-state index in [-0.39, 0.29) is 36.6 Å². The summed E-state index contributed by atoms with van der Waals surface area (Å²) in [5.74, 6) is -0.654. The third-order valence-corrected chi connectivity index (χ3v) is 9.78. The molecule has 0 aromatic carbocycles. The normalized spacial score (nSPS) is 25.4. The lowest BCUT2D eigenvalue weighted by Crippen LogP contribution is -2.22. The molecule has 9 heteroatoms. The second-order valence-electron chi connectivity index (χ2n) is 12.0. The third kappa shape index (κ3) is 4.94. The lowest BCUT2D eigenvalue weighted by Gasteiger charge is -2.21. The van der Waals surface area contributed by atoms with Gasteiger partial charge < -0.3 is 15.2 Å². The summed E-state index contributed by atoms with van der Waals surface area (Å²) in [6.45, 7) is 14.6. The Bertz CT molecular complexity index is 1770. The number of esters is 1. The molecule has 0 amide bonds. The number of fused-ring (bicyclic) bond motifs is 5. The van der Waals surface area contributed by atoms with Crippen molar-refractivity contribution >= 4 is 23.1 Å². The predicted molar refractivity (Wildman–Crippen MR) is 175 cm³/mol. The Labute approximate surface area is 264 Å². The van der Waals surface area contributed by atoms with Gasteiger partial charge in [0.15, 0.2) is 0 Å². The van der Waals surface area contributed by atoms with Crippen LogP contribution < -0.4 is 5.32 Å². The Hall–Kier alpha value is -4.34. The summed E-state index contributed by atoms with van der Waals surface area (Å²) in [4.78, 5) is 38.0. The molecule has 9 nitrogen and oxygen atoms in total. The Morgan fingerprint density at radius 3 is 2.47 bits per heavy atom. The van der Waals surface area contributed by atoms with Gasteiger partial charge in [-0.05, 0) is 74.1 Å². The fraction of sp³-hybridized carbons (Fsp3) is 0.389. The summed E-state index contributed by atoms with van der Waals surface area (Å²) in [5, 5.41) is 15.4. The first-order valence-electron chi connectivity index (χ1n) is 15.5. The van der Waals surface area contributed by atoms with Gasteiger partial charge in [-0.2, -0.15) is 0 Å². The number of ether oxygens (including phenoxy) is 1. The summed E-state index contributed by atoms with van der Waals surface area (Å²) in [5.41, 5.74) is 13.4. The highest BCUT2D eigenvalue weighted by Gasteiger charge is 2.46. The molecule has 1 unspecified atom stereocenters. The predicted octanol–water partition coefficient (Wildman–Crippen LogP) is 6.60. The van der Waals surface area contributed by atoms with E-state index in [0.29, 0.717) is 17.7 Å². The van der Waals surface area contributed by atoms with Gasteiger partial charge in [-0.3, -0.25) is 4.79 Å². The number of nitrogens with zero attached hydrogens (tertiary/aromatic N) is 3. The van der Waals surface area contributed by atoms with Crippen LogP contribution in [0.5, 0.6) is 0 Å². The molecule has 5 heterocycles. The number of aliphatic hydroxyl groups excluding tert-OH is 1. The molecule has 5 aliphatic heterocycles. The maximum Gasteiger partial charge on any atom is 0.305 e. The van der Waals surface area contributed by atoms with Gasteiger partial charge in [-0.15, -0.1) is 0 Å². The molecule has 0 aromatic rings. The van der Waals surface area contributed by atoms with E-state index in [9.17, 15) is 9.90 Å². The molecule has 8 bridgehead atoms. The first-order valence-corrected chi connectivity index (χ1v) is 15.5. The molecule has 1 aliphatic carbocycles. The molecule has 0 radical (unpaired) electrons. The van der Waals surface area contributed by atoms with Crippen molar-refractivity contribution < 1.29 is 24.4 Å². The molecule has 1 saturated heterocycles.